The van der Waals surface area contributed by atoms with Gasteiger partial charge in [0.1, 0.15) is 29.5 Å². The number of esters is 2. The van der Waals surface area contributed by atoms with Gasteiger partial charge < -0.3 is 43.7 Å². The Morgan fingerprint density at radius 1 is 0.951 bits per heavy atom. The number of aliphatic hydroxyl groups excluding tert-OH is 1. The maximum absolute atomic E-state index is 14.2. The molecule has 12 heteroatoms. The van der Waals surface area contributed by atoms with Crippen molar-refractivity contribution >= 4 is 17.7 Å². The van der Waals surface area contributed by atoms with Gasteiger partial charge in [-0.3, -0.25) is 14.4 Å². The number of ether oxygens (including phenoxy) is 6. The number of carbonyl (C=O) groups is 3. The molecule has 12 nitrogen and oxygen atoms in total. The molecule has 7 saturated heterocycles. The monoisotopic (exact) mass is 576 g/mol. The van der Waals surface area contributed by atoms with Crippen LogP contribution in [0, 0.1) is 35.0 Å². The highest BCUT2D eigenvalue weighted by atomic mass is 16.8. The standard InChI is InChI=1S/C29H36O12/c1-11-18-19(36-21(11)32)17-20-24(3,22(33)25(17,4)34)15-8-26-9-27-12(23(2,10-30)37-14(27)7-16(31)39-27)5-6-13(26)28(35,38-15)29(20,40-18)41-26/h11-15,17-20,30,34-35H,5-10H2,1-4H3/t11-,12+,13+,14-,15-,17-,18-,19-,20+,23+,24+,25-,26+,27-,28+,29+/m1/s1. The summed E-state index contributed by atoms with van der Waals surface area (Å²) in [5.74, 6) is -8.72. The number of ketones is 1. The number of rotatable bonds is 1. The van der Waals surface area contributed by atoms with Gasteiger partial charge in [-0.15, -0.1) is 0 Å². The number of carbonyl (C=O) groups excluding carboxylic acids is 3. The Balaban J connectivity index is 1.25. The lowest BCUT2D eigenvalue weighted by atomic mass is 9.55. The lowest BCUT2D eigenvalue weighted by Gasteiger charge is -2.61. The molecule has 0 amide bonds. The zero-order valence-corrected chi connectivity index (χ0v) is 23.5. The van der Waals surface area contributed by atoms with Crippen LogP contribution >= 0.6 is 0 Å². The zero-order chi connectivity index (χ0) is 28.9. The van der Waals surface area contributed by atoms with Crippen LogP contribution in [0.25, 0.3) is 0 Å². The van der Waals surface area contributed by atoms with Gasteiger partial charge in [0.2, 0.25) is 11.6 Å². The third kappa shape index (κ3) is 2.36. The van der Waals surface area contributed by atoms with Gasteiger partial charge in [-0.1, -0.05) is 0 Å². The molecule has 7 heterocycles. The normalized spacial score (nSPS) is 66.1. The summed E-state index contributed by atoms with van der Waals surface area (Å²) in [7, 11) is 0. The topological polar surface area (TPSA) is 167 Å². The molecule has 3 N–H and O–H groups in total. The molecule has 9 fully saturated rings. The summed E-state index contributed by atoms with van der Waals surface area (Å²) < 4.78 is 38.7. The van der Waals surface area contributed by atoms with Crippen LogP contribution < -0.4 is 0 Å². The molecule has 0 radical (unpaired) electrons. The van der Waals surface area contributed by atoms with Crippen molar-refractivity contribution in [2.75, 3.05) is 6.61 Å². The molecule has 0 aromatic carbocycles. The van der Waals surface area contributed by atoms with E-state index in [2.05, 4.69) is 0 Å². The van der Waals surface area contributed by atoms with Crippen molar-refractivity contribution in [3.63, 3.8) is 0 Å². The van der Waals surface area contributed by atoms with Gasteiger partial charge in [-0.2, -0.15) is 0 Å². The van der Waals surface area contributed by atoms with E-state index in [0.29, 0.717) is 12.8 Å². The predicted octanol–water partition coefficient (Wildman–Crippen LogP) is -0.273. The van der Waals surface area contributed by atoms with Crippen molar-refractivity contribution in [1.82, 2.24) is 0 Å². The first-order valence-electron chi connectivity index (χ1n) is 14.9. The van der Waals surface area contributed by atoms with E-state index in [1.165, 1.54) is 6.92 Å². The van der Waals surface area contributed by atoms with Crippen molar-refractivity contribution in [1.29, 1.82) is 0 Å². The van der Waals surface area contributed by atoms with Crippen LogP contribution in [-0.4, -0.2) is 98.0 Å². The molecule has 224 valence electrons. The van der Waals surface area contributed by atoms with Gasteiger partial charge in [0.05, 0.1) is 41.7 Å². The van der Waals surface area contributed by atoms with Crippen LogP contribution in [0.3, 0.4) is 0 Å². The second-order valence-electron chi connectivity index (χ2n) is 14.9. The highest BCUT2D eigenvalue weighted by Crippen LogP contribution is 2.78. The Kier molecular flexibility index (Phi) is 4.31. The van der Waals surface area contributed by atoms with Crippen molar-refractivity contribution in [3.05, 3.63) is 0 Å². The van der Waals surface area contributed by atoms with Gasteiger partial charge in [0.25, 0.3) is 0 Å². The molecule has 9 rings (SSSR count). The molecule has 0 aromatic rings. The SMILES string of the molecule is C[C@H]1C(=O)O[C@H]2[C@@H]1O[C@@]13O[C@]45C[C@@H](O[C@@]1(O)[C@H]4CC[C@@H]1[C@@]4(C5)OC(=O)C[C@H]4O[C@@]1(C)CO)[C@]1(C)C(=O)[C@](C)(O)[C@H]2[C@@H]13. The lowest BCUT2D eigenvalue weighted by molar-refractivity contribution is -0.462. The molecule has 7 aliphatic heterocycles. The van der Waals surface area contributed by atoms with Gasteiger partial charge in [-0.05, 0) is 40.5 Å². The molecule has 16 atom stereocenters. The Bertz CT molecular complexity index is 1330. The summed E-state index contributed by atoms with van der Waals surface area (Å²) in [6.45, 7) is 6.42. The van der Waals surface area contributed by atoms with E-state index < -0.39 is 105 Å². The molecule has 2 spiro atoms. The third-order valence-corrected chi connectivity index (χ3v) is 13.2. The number of hydrogen-bond acceptors (Lipinski definition) is 12. The molecule has 2 aliphatic carbocycles. The molecular formula is C29H36O12. The van der Waals surface area contributed by atoms with Gasteiger partial charge in [0, 0.05) is 36.5 Å². The fourth-order valence-electron chi connectivity index (χ4n) is 11.6. The lowest BCUT2D eigenvalue weighted by Crippen LogP contribution is -2.77. The van der Waals surface area contributed by atoms with E-state index in [4.69, 9.17) is 28.4 Å². The summed E-state index contributed by atoms with van der Waals surface area (Å²) in [5, 5.41) is 35.0. The Morgan fingerprint density at radius 3 is 2.41 bits per heavy atom. The maximum Gasteiger partial charge on any atom is 0.311 e. The molecule has 2 saturated carbocycles. The summed E-state index contributed by atoms with van der Waals surface area (Å²) in [5.41, 5.74) is -6.40. The minimum atomic E-state index is -2.01. The van der Waals surface area contributed by atoms with Crippen molar-refractivity contribution in [2.45, 2.75) is 118 Å². The summed E-state index contributed by atoms with van der Waals surface area (Å²) in [4.78, 5) is 39.8. The number of aliphatic hydroxyl groups is 3. The number of fused-ring (bicyclic) bond motifs is 4. The van der Waals surface area contributed by atoms with Gasteiger partial charge in [-0.25, -0.2) is 0 Å². The van der Waals surface area contributed by atoms with E-state index in [1.54, 1.807) is 13.8 Å². The largest absolute Gasteiger partial charge is 0.459 e. The van der Waals surface area contributed by atoms with Crippen LogP contribution in [0.2, 0.25) is 0 Å². The molecular weight excluding hydrogens is 540 g/mol. The summed E-state index contributed by atoms with van der Waals surface area (Å²) >= 11 is 0. The first-order chi connectivity index (χ1) is 19.1. The first kappa shape index (κ1) is 25.8. The highest BCUT2D eigenvalue weighted by molar-refractivity contribution is 5.96. The summed E-state index contributed by atoms with van der Waals surface area (Å²) in [6, 6.07) is 0. The minimum absolute atomic E-state index is 0.0448. The highest BCUT2D eigenvalue weighted by Gasteiger charge is 2.93. The minimum Gasteiger partial charge on any atom is -0.459 e. The second kappa shape index (κ2) is 6.85. The fraction of sp³-hybridized carbons (Fsp3) is 0.897. The van der Waals surface area contributed by atoms with E-state index in [9.17, 15) is 29.7 Å². The average Bonchev–Trinajstić information content (AvgIpc) is 3.44. The Labute approximate surface area is 235 Å². The fourth-order valence-corrected chi connectivity index (χ4v) is 11.6. The smallest absolute Gasteiger partial charge is 0.311 e. The molecule has 3 bridgehead atoms. The van der Waals surface area contributed by atoms with Gasteiger partial charge in [0.15, 0.2) is 5.78 Å². The van der Waals surface area contributed by atoms with Gasteiger partial charge >= 0.3 is 11.9 Å². The maximum atomic E-state index is 14.2. The van der Waals surface area contributed by atoms with Crippen LogP contribution in [0.4, 0.5) is 0 Å². The molecule has 0 aromatic heterocycles. The van der Waals surface area contributed by atoms with Crippen LogP contribution in [0.1, 0.15) is 59.8 Å². The average molecular weight is 577 g/mol. The molecule has 0 unspecified atom stereocenters. The van der Waals surface area contributed by atoms with Crippen molar-refractivity contribution < 1.29 is 58.1 Å². The van der Waals surface area contributed by atoms with Crippen LogP contribution in [0.15, 0.2) is 0 Å². The van der Waals surface area contributed by atoms with Crippen molar-refractivity contribution in [2.24, 2.45) is 35.0 Å². The Hall–Kier alpha value is -1.67. The molecule has 9 aliphatic rings. The van der Waals surface area contributed by atoms with E-state index in [1.807, 2.05) is 6.92 Å². The number of hydrogen-bond donors (Lipinski definition) is 3. The van der Waals surface area contributed by atoms with E-state index in [0.717, 1.165) is 0 Å². The predicted molar refractivity (Wildman–Crippen MR) is 130 cm³/mol. The first-order valence-corrected chi connectivity index (χ1v) is 14.9. The second-order valence-corrected chi connectivity index (χ2v) is 14.9. The Morgan fingerprint density at radius 2 is 1.68 bits per heavy atom. The van der Waals surface area contributed by atoms with Crippen LogP contribution in [-0.2, 0) is 42.8 Å². The van der Waals surface area contributed by atoms with E-state index >= 15 is 0 Å². The van der Waals surface area contributed by atoms with Crippen molar-refractivity contribution in [3.8, 4) is 0 Å². The third-order valence-electron chi connectivity index (χ3n) is 13.2. The summed E-state index contributed by atoms with van der Waals surface area (Å²) in [6.07, 6.45) is -1.97. The quantitative estimate of drug-likeness (QED) is 0.350. The van der Waals surface area contributed by atoms with Crippen LogP contribution in [0.5, 0.6) is 0 Å². The van der Waals surface area contributed by atoms with E-state index in [-0.39, 0.29) is 31.8 Å². The molecule has 41 heavy (non-hydrogen) atoms. The number of Topliss-reactive ketones (excluding diaryl/α,β-unsaturated/α-hetero) is 1. The zero-order valence-electron chi connectivity index (χ0n) is 23.5.